The average molecular weight is 138 g/mol. The smallest absolute Gasteiger partial charge is 0.330 e. The van der Waals surface area contributed by atoms with E-state index < -0.39 is 13.7 Å². The molecule has 2 atom stereocenters. The summed E-state index contributed by atoms with van der Waals surface area (Å²) < 4.78 is 14.7. The van der Waals surface area contributed by atoms with Gasteiger partial charge in [0.2, 0.25) is 0 Å². The van der Waals surface area contributed by atoms with Gasteiger partial charge in [-0.25, -0.2) is 0 Å². The van der Waals surface area contributed by atoms with Crippen molar-refractivity contribution in [2.45, 2.75) is 6.10 Å². The number of hydrogen-bond acceptors (Lipinski definition) is 3. The van der Waals surface area contributed by atoms with Gasteiger partial charge in [-0.05, 0) is 0 Å². The summed E-state index contributed by atoms with van der Waals surface area (Å²) in [5, 5.41) is 8.61. The molecule has 0 aromatic heterocycles. The highest BCUT2D eigenvalue weighted by atomic mass is 31.2. The summed E-state index contributed by atoms with van der Waals surface area (Å²) in [7, 11) is -3.35. The fourth-order valence-electron chi connectivity index (χ4n) is 0.574. The first-order chi connectivity index (χ1) is 3.60. The van der Waals surface area contributed by atoms with Crippen molar-refractivity contribution in [1.29, 1.82) is 0 Å². The van der Waals surface area contributed by atoms with Crippen LogP contribution in [-0.2, 0) is 9.09 Å². The molecule has 4 nitrogen and oxygen atoms in total. The van der Waals surface area contributed by atoms with Gasteiger partial charge in [-0.1, -0.05) is 0 Å². The Labute approximate surface area is 46.6 Å². The van der Waals surface area contributed by atoms with Crippen LogP contribution in [0.5, 0.6) is 0 Å². The maximum atomic E-state index is 10.4. The van der Waals surface area contributed by atoms with Gasteiger partial charge < -0.3 is 14.5 Å². The summed E-state index contributed by atoms with van der Waals surface area (Å²) in [5.41, 5.74) is 0. The zero-order valence-electron chi connectivity index (χ0n) is 4.15. The highest BCUT2D eigenvalue weighted by Crippen LogP contribution is 2.46. The van der Waals surface area contributed by atoms with Crippen molar-refractivity contribution in [1.82, 2.24) is 0 Å². The molecule has 1 aliphatic heterocycles. The SMILES string of the molecule is O=P1(O)C[C@H](O)CO1. The molecular weight excluding hydrogens is 131 g/mol. The van der Waals surface area contributed by atoms with Gasteiger partial charge in [0, 0.05) is 0 Å². The van der Waals surface area contributed by atoms with Crippen molar-refractivity contribution in [3.63, 3.8) is 0 Å². The van der Waals surface area contributed by atoms with E-state index in [1.165, 1.54) is 0 Å². The standard InChI is InChI=1S/C3H7O4P/c4-3-1-7-8(5,6)2-3/h3-4H,1-2H2,(H,5,6)/t3-/m1/s1. The van der Waals surface area contributed by atoms with Crippen LogP contribution in [0.15, 0.2) is 0 Å². The fourth-order valence-corrected chi connectivity index (χ4v) is 1.72. The summed E-state index contributed by atoms with van der Waals surface area (Å²) in [6, 6.07) is 0. The first kappa shape index (κ1) is 6.23. The van der Waals surface area contributed by atoms with E-state index in [4.69, 9.17) is 10.00 Å². The maximum Gasteiger partial charge on any atom is 0.330 e. The summed E-state index contributed by atoms with van der Waals surface area (Å²) in [5.74, 6) is 0. The molecule has 1 aliphatic rings. The van der Waals surface area contributed by atoms with E-state index in [1.807, 2.05) is 0 Å². The van der Waals surface area contributed by atoms with Crippen LogP contribution >= 0.6 is 7.60 Å². The molecule has 1 heterocycles. The summed E-state index contributed by atoms with van der Waals surface area (Å²) in [6.45, 7) is -0.00617. The molecule has 0 aliphatic carbocycles. The van der Waals surface area contributed by atoms with Gasteiger partial charge in [-0.2, -0.15) is 0 Å². The third kappa shape index (κ3) is 1.29. The molecule has 8 heavy (non-hydrogen) atoms. The van der Waals surface area contributed by atoms with Crippen LogP contribution in [0, 0.1) is 0 Å². The van der Waals surface area contributed by atoms with Crippen molar-refractivity contribution < 1.29 is 19.1 Å². The molecule has 0 radical (unpaired) electrons. The molecule has 1 rings (SSSR count). The van der Waals surface area contributed by atoms with E-state index in [-0.39, 0.29) is 12.8 Å². The molecule has 0 bridgehead atoms. The lowest BCUT2D eigenvalue weighted by Gasteiger charge is -1.95. The molecule has 48 valence electrons. The molecule has 0 aromatic rings. The van der Waals surface area contributed by atoms with Gasteiger partial charge in [0.25, 0.3) is 0 Å². The summed E-state index contributed by atoms with van der Waals surface area (Å²) >= 11 is 0. The average Bonchev–Trinajstić information content (AvgIpc) is 1.82. The van der Waals surface area contributed by atoms with Gasteiger partial charge in [-0.15, -0.1) is 0 Å². The van der Waals surface area contributed by atoms with Crippen LogP contribution in [0.25, 0.3) is 0 Å². The van der Waals surface area contributed by atoms with Gasteiger partial charge in [-0.3, -0.25) is 4.57 Å². The highest BCUT2D eigenvalue weighted by molar-refractivity contribution is 7.53. The Morgan fingerprint density at radius 2 is 2.38 bits per heavy atom. The number of aliphatic hydroxyl groups is 1. The van der Waals surface area contributed by atoms with Crippen LogP contribution in [-0.4, -0.2) is 28.9 Å². The van der Waals surface area contributed by atoms with E-state index in [0.717, 1.165) is 0 Å². The molecule has 1 fully saturated rings. The normalized spacial score (nSPS) is 47.5. The second-order valence-electron chi connectivity index (χ2n) is 1.77. The third-order valence-corrected chi connectivity index (χ3v) is 2.35. The predicted molar refractivity (Wildman–Crippen MR) is 26.7 cm³/mol. The number of hydrogen-bond donors (Lipinski definition) is 2. The number of rotatable bonds is 0. The molecule has 2 N–H and O–H groups in total. The molecule has 0 saturated carbocycles. The molecule has 0 amide bonds. The fraction of sp³-hybridized carbons (Fsp3) is 1.00. The Bertz CT molecular complexity index is 133. The zero-order chi connectivity index (χ0) is 6.20. The second kappa shape index (κ2) is 1.81. The monoisotopic (exact) mass is 138 g/mol. The Morgan fingerprint density at radius 1 is 1.75 bits per heavy atom. The minimum absolute atomic E-state index is 0.00617. The molecule has 1 saturated heterocycles. The zero-order valence-corrected chi connectivity index (χ0v) is 5.04. The van der Waals surface area contributed by atoms with Crippen molar-refractivity contribution in [3.05, 3.63) is 0 Å². The first-order valence-electron chi connectivity index (χ1n) is 2.24. The van der Waals surface area contributed by atoms with Crippen LogP contribution < -0.4 is 0 Å². The van der Waals surface area contributed by atoms with Gasteiger partial charge >= 0.3 is 7.60 Å². The molecule has 1 unspecified atom stereocenters. The van der Waals surface area contributed by atoms with Crippen LogP contribution in [0.4, 0.5) is 0 Å². The van der Waals surface area contributed by atoms with E-state index in [2.05, 4.69) is 4.52 Å². The van der Waals surface area contributed by atoms with Crippen molar-refractivity contribution in [3.8, 4) is 0 Å². The molecule has 5 heteroatoms. The summed E-state index contributed by atoms with van der Waals surface area (Å²) in [6.07, 6.45) is -0.863. The van der Waals surface area contributed by atoms with Crippen molar-refractivity contribution in [2.75, 3.05) is 12.8 Å². The lowest BCUT2D eigenvalue weighted by molar-refractivity contribution is 0.153. The van der Waals surface area contributed by atoms with E-state index in [0.29, 0.717) is 0 Å². The van der Waals surface area contributed by atoms with Gasteiger partial charge in [0.15, 0.2) is 0 Å². The second-order valence-corrected chi connectivity index (χ2v) is 3.67. The highest BCUT2D eigenvalue weighted by Gasteiger charge is 2.31. The Balaban J connectivity index is 2.57. The van der Waals surface area contributed by atoms with Gasteiger partial charge in [0.05, 0.1) is 18.9 Å². The minimum Gasteiger partial charge on any atom is -0.390 e. The summed E-state index contributed by atoms with van der Waals surface area (Å²) in [4.78, 5) is 8.54. The van der Waals surface area contributed by atoms with E-state index in [1.54, 1.807) is 0 Å². The molecule has 0 spiro atoms. The predicted octanol–water partition coefficient (Wildman–Crippen LogP) is -0.437. The van der Waals surface area contributed by atoms with Gasteiger partial charge in [0.1, 0.15) is 0 Å². The van der Waals surface area contributed by atoms with E-state index >= 15 is 0 Å². The van der Waals surface area contributed by atoms with Crippen LogP contribution in [0.1, 0.15) is 0 Å². The third-order valence-electron chi connectivity index (χ3n) is 0.910. The lowest BCUT2D eigenvalue weighted by Crippen LogP contribution is -2.07. The Morgan fingerprint density at radius 3 is 2.50 bits per heavy atom. The quantitative estimate of drug-likeness (QED) is 0.445. The Hall–Kier alpha value is 0.110. The Kier molecular flexibility index (Phi) is 1.41. The lowest BCUT2D eigenvalue weighted by atomic mass is 10.5. The molecule has 0 aromatic carbocycles. The topological polar surface area (TPSA) is 66.8 Å². The van der Waals surface area contributed by atoms with Crippen LogP contribution in [0.2, 0.25) is 0 Å². The number of aliphatic hydroxyl groups excluding tert-OH is 1. The molecular formula is C3H7O4P. The van der Waals surface area contributed by atoms with E-state index in [9.17, 15) is 4.57 Å². The van der Waals surface area contributed by atoms with Crippen molar-refractivity contribution >= 4 is 7.60 Å². The van der Waals surface area contributed by atoms with Crippen LogP contribution in [0.3, 0.4) is 0 Å². The van der Waals surface area contributed by atoms with Crippen molar-refractivity contribution in [2.24, 2.45) is 0 Å². The maximum absolute atomic E-state index is 10.4. The largest absolute Gasteiger partial charge is 0.390 e. The minimum atomic E-state index is -3.35. The first-order valence-corrected chi connectivity index (χ1v) is 4.01.